The first-order valence-corrected chi connectivity index (χ1v) is 4.17. The van der Waals surface area contributed by atoms with E-state index in [9.17, 15) is 18.9 Å². The van der Waals surface area contributed by atoms with Crippen LogP contribution in [0.1, 0.15) is 17.6 Å². The Morgan fingerprint density at radius 3 is 2.67 bits per heavy atom. The lowest BCUT2D eigenvalue weighted by atomic mass is 10.1. The number of nitrogens with zero attached hydrogens (tertiary/aromatic N) is 2. The predicted molar refractivity (Wildman–Crippen MR) is 48.7 cm³/mol. The molecule has 0 radical (unpaired) electrons. The summed E-state index contributed by atoms with van der Waals surface area (Å²) in [6, 6.07) is 0.896. The van der Waals surface area contributed by atoms with Gasteiger partial charge in [-0.25, -0.2) is 8.78 Å². The van der Waals surface area contributed by atoms with Gasteiger partial charge in [-0.15, -0.1) is 0 Å². The Morgan fingerprint density at radius 1 is 1.67 bits per heavy atom. The Balaban J connectivity index is 3.37. The van der Waals surface area contributed by atoms with Crippen LogP contribution in [0.15, 0.2) is 6.07 Å². The van der Waals surface area contributed by atoms with Crippen LogP contribution in [0.3, 0.4) is 0 Å². The number of halogens is 3. The monoisotopic (exact) mass is 237 g/mol. The van der Waals surface area contributed by atoms with Gasteiger partial charge in [-0.1, -0.05) is 0 Å². The van der Waals surface area contributed by atoms with Crippen molar-refractivity contribution in [2.75, 3.05) is 0 Å². The molecule has 0 saturated heterocycles. The third kappa shape index (κ3) is 2.37. The second kappa shape index (κ2) is 4.45. The number of nitrogens with two attached hydrogens (primary N) is 1. The SMILES string of the molecule is NCc1cc([N+](=O)[O-])nc(Cl)c1C(F)F. The Bertz CT molecular complexity index is 400. The van der Waals surface area contributed by atoms with Crippen molar-refractivity contribution in [3.05, 3.63) is 32.5 Å². The fourth-order valence-corrected chi connectivity index (χ4v) is 1.34. The summed E-state index contributed by atoms with van der Waals surface area (Å²) in [5.74, 6) is -0.593. The van der Waals surface area contributed by atoms with Crippen molar-refractivity contribution in [1.29, 1.82) is 0 Å². The van der Waals surface area contributed by atoms with E-state index in [0.717, 1.165) is 6.07 Å². The van der Waals surface area contributed by atoms with Crippen LogP contribution in [0.25, 0.3) is 0 Å². The van der Waals surface area contributed by atoms with Gasteiger partial charge in [0.05, 0.1) is 5.56 Å². The zero-order valence-corrected chi connectivity index (χ0v) is 8.04. The van der Waals surface area contributed by atoms with Gasteiger partial charge in [-0.2, -0.15) is 0 Å². The normalized spacial score (nSPS) is 10.7. The molecule has 0 unspecified atom stereocenters. The van der Waals surface area contributed by atoms with Crippen molar-refractivity contribution in [3.8, 4) is 0 Å². The van der Waals surface area contributed by atoms with Gasteiger partial charge in [-0.05, 0) is 27.1 Å². The number of rotatable bonds is 3. The van der Waals surface area contributed by atoms with Gasteiger partial charge >= 0.3 is 5.82 Å². The van der Waals surface area contributed by atoms with Crippen LogP contribution in [0.5, 0.6) is 0 Å². The van der Waals surface area contributed by atoms with E-state index in [4.69, 9.17) is 17.3 Å². The Kier molecular flexibility index (Phi) is 3.48. The van der Waals surface area contributed by atoms with Crippen LogP contribution in [-0.2, 0) is 6.54 Å². The summed E-state index contributed by atoms with van der Waals surface area (Å²) >= 11 is 5.40. The van der Waals surface area contributed by atoms with Crippen molar-refractivity contribution in [3.63, 3.8) is 0 Å². The van der Waals surface area contributed by atoms with E-state index in [2.05, 4.69) is 4.98 Å². The fraction of sp³-hybridized carbons (Fsp3) is 0.286. The van der Waals surface area contributed by atoms with Gasteiger partial charge in [0.2, 0.25) is 0 Å². The summed E-state index contributed by atoms with van der Waals surface area (Å²) in [7, 11) is 0. The quantitative estimate of drug-likeness (QED) is 0.495. The van der Waals surface area contributed by atoms with Gasteiger partial charge in [0, 0.05) is 12.6 Å². The standard InChI is InChI=1S/C7H6ClF2N3O2/c8-6-5(7(9)10)3(2-11)1-4(12-6)13(14)15/h1,7H,2,11H2. The number of hydrogen-bond acceptors (Lipinski definition) is 4. The molecule has 1 rings (SSSR count). The van der Waals surface area contributed by atoms with E-state index in [-0.39, 0.29) is 12.1 Å². The largest absolute Gasteiger partial charge is 0.365 e. The molecule has 15 heavy (non-hydrogen) atoms. The Morgan fingerprint density at radius 2 is 2.27 bits per heavy atom. The lowest BCUT2D eigenvalue weighted by Crippen LogP contribution is -2.06. The topological polar surface area (TPSA) is 82.0 Å². The molecule has 0 spiro atoms. The summed E-state index contributed by atoms with van der Waals surface area (Å²) in [6.45, 7) is -0.261. The number of hydrogen-bond donors (Lipinski definition) is 1. The van der Waals surface area contributed by atoms with Gasteiger partial charge in [0.25, 0.3) is 11.6 Å². The smallest absolute Gasteiger partial charge is 0.358 e. The molecule has 0 aromatic carbocycles. The minimum absolute atomic E-state index is 0.0725. The van der Waals surface area contributed by atoms with Gasteiger partial charge < -0.3 is 15.8 Å². The van der Waals surface area contributed by atoms with E-state index in [1.54, 1.807) is 0 Å². The molecule has 0 saturated carbocycles. The molecule has 0 atom stereocenters. The van der Waals surface area contributed by atoms with Gasteiger partial charge in [0.1, 0.15) is 0 Å². The average molecular weight is 238 g/mol. The second-order valence-electron chi connectivity index (χ2n) is 2.61. The van der Waals surface area contributed by atoms with Crippen molar-refractivity contribution in [2.45, 2.75) is 13.0 Å². The highest BCUT2D eigenvalue weighted by atomic mass is 35.5. The molecule has 8 heteroatoms. The summed E-state index contributed by atoms with van der Waals surface area (Å²) in [4.78, 5) is 12.8. The first kappa shape index (κ1) is 11.7. The third-order valence-electron chi connectivity index (χ3n) is 1.71. The molecule has 1 heterocycles. The maximum absolute atomic E-state index is 12.5. The summed E-state index contributed by atoms with van der Waals surface area (Å²) < 4.78 is 24.9. The summed E-state index contributed by atoms with van der Waals surface area (Å²) in [5, 5.41) is 9.77. The molecular formula is C7H6ClF2N3O2. The molecule has 0 amide bonds. The minimum Gasteiger partial charge on any atom is -0.358 e. The molecule has 0 aliphatic heterocycles. The van der Waals surface area contributed by atoms with E-state index >= 15 is 0 Å². The Labute approximate surface area is 88.0 Å². The fourth-order valence-electron chi connectivity index (χ4n) is 1.05. The number of nitro groups is 1. The van der Waals surface area contributed by atoms with Crippen molar-refractivity contribution < 1.29 is 13.7 Å². The maximum Gasteiger partial charge on any atom is 0.365 e. The number of aromatic nitrogens is 1. The number of pyridine rings is 1. The first-order valence-electron chi connectivity index (χ1n) is 3.79. The molecule has 0 fully saturated rings. The highest BCUT2D eigenvalue weighted by Crippen LogP contribution is 2.31. The molecule has 0 aliphatic rings. The van der Waals surface area contributed by atoms with Crippen LogP contribution < -0.4 is 5.73 Å². The zero-order chi connectivity index (χ0) is 11.6. The molecular weight excluding hydrogens is 232 g/mol. The van der Waals surface area contributed by atoms with E-state index in [1.807, 2.05) is 0 Å². The Hall–Kier alpha value is -1.34. The molecule has 2 N–H and O–H groups in total. The average Bonchev–Trinajstić information content (AvgIpc) is 2.15. The van der Waals surface area contributed by atoms with Gasteiger partial charge in [0.15, 0.2) is 0 Å². The highest BCUT2D eigenvalue weighted by molar-refractivity contribution is 6.30. The number of alkyl halides is 2. The van der Waals surface area contributed by atoms with Crippen LogP contribution in [-0.4, -0.2) is 9.91 Å². The predicted octanol–water partition coefficient (Wildman–Crippen LogP) is 2.04. The van der Waals surface area contributed by atoms with Gasteiger partial charge in [-0.3, -0.25) is 0 Å². The minimum atomic E-state index is -2.86. The maximum atomic E-state index is 12.5. The zero-order valence-electron chi connectivity index (χ0n) is 7.28. The van der Waals surface area contributed by atoms with Crippen molar-refractivity contribution in [1.82, 2.24) is 4.98 Å². The molecule has 0 bridgehead atoms. The molecule has 1 aromatic heterocycles. The molecule has 1 aromatic rings. The van der Waals surface area contributed by atoms with Crippen LogP contribution in [0, 0.1) is 10.1 Å². The lowest BCUT2D eigenvalue weighted by molar-refractivity contribution is -0.389. The van der Waals surface area contributed by atoms with Crippen molar-refractivity contribution in [2.24, 2.45) is 5.73 Å². The molecule has 5 nitrogen and oxygen atoms in total. The van der Waals surface area contributed by atoms with Crippen LogP contribution in [0.2, 0.25) is 5.15 Å². The first-order chi connectivity index (χ1) is 6.97. The van der Waals surface area contributed by atoms with E-state index in [0.29, 0.717) is 0 Å². The molecule has 82 valence electrons. The van der Waals surface area contributed by atoms with Crippen molar-refractivity contribution >= 4 is 17.4 Å². The van der Waals surface area contributed by atoms with E-state index in [1.165, 1.54) is 0 Å². The summed E-state index contributed by atoms with van der Waals surface area (Å²) in [5.41, 5.74) is 4.56. The lowest BCUT2D eigenvalue weighted by Gasteiger charge is -2.05. The third-order valence-corrected chi connectivity index (χ3v) is 2.00. The van der Waals surface area contributed by atoms with Crippen LogP contribution in [0.4, 0.5) is 14.6 Å². The van der Waals surface area contributed by atoms with Crippen LogP contribution >= 0.6 is 11.6 Å². The second-order valence-corrected chi connectivity index (χ2v) is 2.96. The summed E-state index contributed by atoms with van der Waals surface area (Å²) in [6.07, 6.45) is -2.86. The van der Waals surface area contributed by atoms with E-state index < -0.39 is 27.9 Å². The molecule has 0 aliphatic carbocycles. The highest BCUT2D eigenvalue weighted by Gasteiger charge is 2.24.